The maximum Gasteiger partial charge on any atom is 0.154 e. The van der Waals surface area contributed by atoms with E-state index in [0.29, 0.717) is 12.1 Å². The first-order chi connectivity index (χ1) is 10.0. The lowest BCUT2D eigenvalue weighted by atomic mass is 10.0. The Kier molecular flexibility index (Phi) is 3.34. The molecule has 2 aromatic rings. The zero-order valence-electron chi connectivity index (χ0n) is 11.8. The summed E-state index contributed by atoms with van der Waals surface area (Å²) in [5.41, 5.74) is 1.65. The molecule has 0 N–H and O–H groups in total. The molecular weight excluding hydrogens is 284 g/mol. The number of hydrogen-bond acceptors (Lipinski definition) is 4. The van der Waals surface area contributed by atoms with Gasteiger partial charge in [0.25, 0.3) is 0 Å². The first-order valence-electron chi connectivity index (χ1n) is 6.91. The van der Waals surface area contributed by atoms with Gasteiger partial charge in [0.2, 0.25) is 0 Å². The van der Waals surface area contributed by atoms with Crippen molar-refractivity contribution < 1.29 is 8.42 Å². The van der Waals surface area contributed by atoms with Gasteiger partial charge in [-0.1, -0.05) is 24.3 Å². The Morgan fingerprint density at radius 2 is 1.90 bits per heavy atom. The molecule has 0 saturated carbocycles. The number of hydrogen-bond donors (Lipinski definition) is 0. The second-order valence-corrected chi connectivity index (χ2v) is 7.68. The SMILES string of the molecule is CC1CS(=O)(=O)CCN1c1ccc(C#N)c2ccccc12. The quantitative estimate of drug-likeness (QED) is 0.811. The summed E-state index contributed by atoms with van der Waals surface area (Å²) in [5, 5.41) is 11.1. The second-order valence-electron chi connectivity index (χ2n) is 5.45. The van der Waals surface area contributed by atoms with E-state index in [0.717, 1.165) is 16.5 Å². The van der Waals surface area contributed by atoms with Gasteiger partial charge in [-0.25, -0.2) is 8.42 Å². The van der Waals surface area contributed by atoms with Crippen molar-refractivity contribution in [3.8, 4) is 6.07 Å². The van der Waals surface area contributed by atoms with Crippen molar-refractivity contribution >= 4 is 26.3 Å². The lowest BCUT2D eigenvalue weighted by molar-refractivity contribution is 0.569. The lowest BCUT2D eigenvalue weighted by Gasteiger charge is -2.36. The molecule has 0 bridgehead atoms. The highest BCUT2D eigenvalue weighted by Gasteiger charge is 2.29. The van der Waals surface area contributed by atoms with E-state index in [4.69, 9.17) is 0 Å². The van der Waals surface area contributed by atoms with Crippen LogP contribution in [0.2, 0.25) is 0 Å². The van der Waals surface area contributed by atoms with Crippen molar-refractivity contribution in [2.24, 2.45) is 0 Å². The molecule has 1 unspecified atom stereocenters. The van der Waals surface area contributed by atoms with Crippen molar-refractivity contribution in [1.29, 1.82) is 5.26 Å². The lowest BCUT2D eigenvalue weighted by Crippen LogP contribution is -2.47. The Hall–Kier alpha value is -2.06. The summed E-state index contributed by atoms with van der Waals surface area (Å²) in [5.74, 6) is 0.368. The van der Waals surface area contributed by atoms with Crippen molar-refractivity contribution in [3.63, 3.8) is 0 Å². The fourth-order valence-electron chi connectivity index (χ4n) is 2.99. The van der Waals surface area contributed by atoms with Crippen LogP contribution in [-0.4, -0.2) is 32.5 Å². The predicted octanol–water partition coefficient (Wildman–Crippen LogP) is 2.33. The smallest absolute Gasteiger partial charge is 0.154 e. The molecule has 0 aliphatic carbocycles. The first-order valence-corrected chi connectivity index (χ1v) is 8.73. The van der Waals surface area contributed by atoms with Crippen LogP contribution in [0.25, 0.3) is 10.8 Å². The highest BCUT2D eigenvalue weighted by Crippen LogP contribution is 2.31. The Balaban J connectivity index is 2.12. The second kappa shape index (κ2) is 5.05. The van der Waals surface area contributed by atoms with Gasteiger partial charge in [-0.2, -0.15) is 5.26 Å². The van der Waals surface area contributed by atoms with Gasteiger partial charge >= 0.3 is 0 Å². The molecule has 1 heterocycles. The van der Waals surface area contributed by atoms with Crippen LogP contribution >= 0.6 is 0 Å². The Bertz CT molecular complexity index is 837. The molecule has 1 aliphatic heterocycles. The number of benzene rings is 2. The van der Waals surface area contributed by atoms with Gasteiger partial charge in [-0.3, -0.25) is 0 Å². The Labute approximate surface area is 124 Å². The van der Waals surface area contributed by atoms with E-state index in [-0.39, 0.29) is 17.5 Å². The van der Waals surface area contributed by atoms with Gasteiger partial charge in [0, 0.05) is 29.0 Å². The van der Waals surface area contributed by atoms with E-state index in [1.165, 1.54) is 0 Å². The van der Waals surface area contributed by atoms with Crippen molar-refractivity contribution in [1.82, 2.24) is 0 Å². The molecule has 108 valence electrons. The third-order valence-corrected chi connectivity index (χ3v) is 5.80. The number of fused-ring (bicyclic) bond motifs is 1. The molecule has 0 aromatic heterocycles. The zero-order valence-corrected chi connectivity index (χ0v) is 12.6. The van der Waals surface area contributed by atoms with Crippen LogP contribution in [-0.2, 0) is 9.84 Å². The third-order valence-electron chi connectivity index (χ3n) is 4.00. The largest absolute Gasteiger partial charge is 0.366 e. The molecule has 3 rings (SSSR count). The number of nitriles is 1. The molecule has 2 aromatic carbocycles. The van der Waals surface area contributed by atoms with E-state index < -0.39 is 9.84 Å². The molecule has 0 amide bonds. The standard InChI is InChI=1S/C16H16N2O2S/c1-12-11-21(19,20)9-8-18(12)16-7-6-13(10-17)14-4-2-3-5-15(14)16/h2-7,12H,8-9,11H2,1H3. The van der Waals surface area contributed by atoms with Crippen LogP contribution in [0.3, 0.4) is 0 Å². The fourth-order valence-corrected chi connectivity index (χ4v) is 4.54. The maximum absolute atomic E-state index is 11.7. The van der Waals surface area contributed by atoms with Crippen molar-refractivity contribution in [2.45, 2.75) is 13.0 Å². The van der Waals surface area contributed by atoms with Crippen LogP contribution in [0.15, 0.2) is 36.4 Å². The number of nitrogens with zero attached hydrogens (tertiary/aromatic N) is 2. The van der Waals surface area contributed by atoms with Crippen LogP contribution < -0.4 is 4.90 Å². The molecule has 1 aliphatic rings. The van der Waals surface area contributed by atoms with Gasteiger partial charge in [0.15, 0.2) is 9.84 Å². The van der Waals surface area contributed by atoms with Crippen LogP contribution in [0.1, 0.15) is 12.5 Å². The molecule has 0 spiro atoms. The van der Waals surface area contributed by atoms with E-state index >= 15 is 0 Å². The maximum atomic E-state index is 11.7. The summed E-state index contributed by atoms with van der Waals surface area (Å²) in [6.45, 7) is 2.43. The molecule has 1 fully saturated rings. The minimum absolute atomic E-state index is 0.0555. The van der Waals surface area contributed by atoms with Gasteiger partial charge in [0.1, 0.15) is 0 Å². The molecule has 1 saturated heterocycles. The van der Waals surface area contributed by atoms with E-state index in [1.54, 1.807) is 0 Å². The molecule has 0 radical (unpaired) electrons. The van der Waals surface area contributed by atoms with Crippen LogP contribution in [0.5, 0.6) is 0 Å². The molecule has 21 heavy (non-hydrogen) atoms. The van der Waals surface area contributed by atoms with E-state index in [1.807, 2.05) is 43.3 Å². The van der Waals surface area contributed by atoms with Gasteiger partial charge in [-0.05, 0) is 19.1 Å². The topological polar surface area (TPSA) is 61.2 Å². The number of sulfone groups is 1. The highest BCUT2D eigenvalue weighted by atomic mass is 32.2. The summed E-state index contributed by atoms with van der Waals surface area (Å²) in [6, 6.07) is 13.7. The summed E-state index contributed by atoms with van der Waals surface area (Å²) in [6.07, 6.45) is 0. The van der Waals surface area contributed by atoms with Gasteiger partial charge < -0.3 is 4.90 Å². The van der Waals surface area contributed by atoms with Gasteiger partial charge in [-0.15, -0.1) is 0 Å². The average Bonchev–Trinajstić information content (AvgIpc) is 2.46. The summed E-state index contributed by atoms with van der Waals surface area (Å²) >= 11 is 0. The minimum Gasteiger partial charge on any atom is -0.366 e. The normalized spacial score (nSPS) is 21.1. The predicted molar refractivity (Wildman–Crippen MR) is 84.1 cm³/mol. The molecule has 1 atom stereocenters. The number of rotatable bonds is 1. The van der Waals surface area contributed by atoms with Crippen LogP contribution in [0, 0.1) is 11.3 Å². The third kappa shape index (κ3) is 2.47. The van der Waals surface area contributed by atoms with Crippen molar-refractivity contribution in [2.75, 3.05) is 23.0 Å². The zero-order chi connectivity index (χ0) is 15.0. The van der Waals surface area contributed by atoms with E-state index in [9.17, 15) is 13.7 Å². The Morgan fingerprint density at radius 1 is 1.19 bits per heavy atom. The van der Waals surface area contributed by atoms with Crippen molar-refractivity contribution in [3.05, 3.63) is 42.0 Å². The summed E-state index contributed by atoms with van der Waals surface area (Å²) in [7, 11) is -2.93. The fraction of sp³-hybridized carbons (Fsp3) is 0.312. The first kappa shape index (κ1) is 13.9. The molecular formula is C16H16N2O2S. The molecule has 5 heteroatoms. The summed E-state index contributed by atoms with van der Waals surface area (Å²) in [4.78, 5) is 2.13. The Morgan fingerprint density at radius 3 is 2.57 bits per heavy atom. The van der Waals surface area contributed by atoms with Gasteiger partial charge in [0.05, 0.1) is 23.1 Å². The van der Waals surface area contributed by atoms with Crippen LogP contribution in [0.4, 0.5) is 5.69 Å². The van der Waals surface area contributed by atoms with E-state index in [2.05, 4.69) is 11.0 Å². The number of anilines is 1. The summed E-state index contributed by atoms with van der Waals surface area (Å²) < 4.78 is 23.5. The monoisotopic (exact) mass is 300 g/mol. The highest BCUT2D eigenvalue weighted by molar-refractivity contribution is 7.91. The molecule has 4 nitrogen and oxygen atoms in total. The average molecular weight is 300 g/mol. The minimum atomic E-state index is -2.93.